The van der Waals surface area contributed by atoms with Gasteiger partial charge in [0.25, 0.3) is 0 Å². The molecular formula is C10H16O3. The highest BCUT2D eigenvalue weighted by atomic mass is 16.7. The lowest BCUT2D eigenvalue weighted by molar-refractivity contribution is 0.0206. The molecule has 0 aromatic heterocycles. The Morgan fingerprint density at radius 2 is 2.08 bits per heavy atom. The first-order valence-electron chi connectivity index (χ1n) is 5.06. The first kappa shape index (κ1) is 8.85. The molecule has 2 saturated carbocycles. The molecule has 2 aliphatic rings. The maximum atomic E-state index is 10.9. The molecule has 0 heterocycles. The Balaban J connectivity index is 1.90. The summed E-state index contributed by atoms with van der Waals surface area (Å²) in [5.74, 6) is 1.44. The molecule has 2 rings (SSSR count). The topological polar surface area (TPSA) is 35.5 Å². The first-order valence-corrected chi connectivity index (χ1v) is 5.06. The normalized spacial score (nSPS) is 37.2. The van der Waals surface area contributed by atoms with Gasteiger partial charge in [0.05, 0.1) is 7.11 Å². The van der Waals surface area contributed by atoms with Crippen LogP contribution in [0.15, 0.2) is 0 Å². The average Bonchev–Trinajstić information content (AvgIpc) is 2.69. The summed E-state index contributed by atoms with van der Waals surface area (Å²) in [6.07, 6.45) is 5.74. The maximum absolute atomic E-state index is 10.9. The molecule has 13 heavy (non-hydrogen) atoms. The lowest BCUT2D eigenvalue weighted by Gasteiger charge is -2.17. The van der Waals surface area contributed by atoms with Crippen molar-refractivity contribution in [1.82, 2.24) is 0 Å². The second-order valence-corrected chi connectivity index (χ2v) is 4.04. The van der Waals surface area contributed by atoms with Gasteiger partial charge in [-0.1, -0.05) is 12.8 Å². The predicted molar refractivity (Wildman–Crippen MR) is 47.3 cm³/mol. The molecular weight excluding hydrogens is 168 g/mol. The Hall–Kier alpha value is -0.730. The quantitative estimate of drug-likeness (QED) is 0.587. The average molecular weight is 184 g/mol. The molecule has 0 aromatic rings. The minimum atomic E-state index is -0.516. The standard InChI is InChI=1S/C10H16O3/c1-12-10(11)13-9-6-5-7-3-2-4-8(7)9/h7-9H,2-6H2,1H3. The lowest BCUT2D eigenvalue weighted by Crippen LogP contribution is -2.22. The summed E-state index contributed by atoms with van der Waals surface area (Å²) in [6, 6.07) is 0. The summed E-state index contributed by atoms with van der Waals surface area (Å²) in [7, 11) is 1.36. The largest absolute Gasteiger partial charge is 0.508 e. The van der Waals surface area contributed by atoms with Crippen LogP contribution in [0.3, 0.4) is 0 Å². The van der Waals surface area contributed by atoms with Gasteiger partial charge in [-0.3, -0.25) is 0 Å². The molecule has 0 amide bonds. The van der Waals surface area contributed by atoms with Gasteiger partial charge >= 0.3 is 6.16 Å². The smallest absolute Gasteiger partial charge is 0.438 e. The molecule has 0 aromatic carbocycles. The van der Waals surface area contributed by atoms with E-state index in [1.165, 1.54) is 32.8 Å². The van der Waals surface area contributed by atoms with Gasteiger partial charge in [0.2, 0.25) is 0 Å². The number of methoxy groups -OCH3 is 1. The highest BCUT2D eigenvalue weighted by Gasteiger charge is 2.41. The van der Waals surface area contributed by atoms with Crippen molar-refractivity contribution in [3.8, 4) is 0 Å². The van der Waals surface area contributed by atoms with Gasteiger partial charge in [-0.15, -0.1) is 0 Å². The number of carbonyl (C=O) groups excluding carboxylic acids is 1. The molecule has 2 aliphatic carbocycles. The van der Waals surface area contributed by atoms with Crippen molar-refractivity contribution < 1.29 is 14.3 Å². The van der Waals surface area contributed by atoms with E-state index >= 15 is 0 Å². The van der Waals surface area contributed by atoms with Gasteiger partial charge in [-0.25, -0.2) is 4.79 Å². The number of hydrogen-bond acceptors (Lipinski definition) is 3. The summed E-state index contributed by atoms with van der Waals surface area (Å²) in [6.45, 7) is 0. The zero-order chi connectivity index (χ0) is 9.26. The van der Waals surface area contributed by atoms with Crippen molar-refractivity contribution in [1.29, 1.82) is 0 Å². The van der Waals surface area contributed by atoms with Gasteiger partial charge in [-0.2, -0.15) is 0 Å². The van der Waals surface area contributed by atoms with E-state index in [0.717, 1.165) is 12.3 Å². The van der Waals surface area contributed by atoms with E-state index in [9.17, 15) is 4.79 Å². The van der Waals surface area contributed by atoms with Crippen LogP contribution in [-0.2, 0) is 9.47 Å². The molecule has 74 valence electrons. The highest BCUT2D eigenvalue weighted by molar-refractivity contribution is 5.59. The Bertz CT molecular complexity index is 202. The summed E-state index contributed by atoms with van der Waals surface area (Å²) >= 11 is 0. The molecule has 0 N–H and O–H groups in total. The van der Waals surface area contributed by atoms with Crippen LogP contribution in [0, 0.1) is 11.8 Å². The molecule has 3 nitrogen and oxygen atoms in total. The van der Waals surface area contributed by atoms with Crippen molar-refractivity contribution in [2.24, 2.45) is 11.8 Å². The number of carbonyl (C=O) groups is 1. The summed E-state index contributed by atoms with van der Waals surface area (Å²) in [4.78, 5) is 10.9. The molecule has 0 radical (unpaired) electrons. The van der Waals surface area contributed by atoms with E-state index in [4.69, 9.17) is 4.74 Å². The minimum Gasteiger partial charge on any atom is -0.438 e. The fourth-order valence-electron chi connectivity index (χ4n) is 2.82. The monoisotopic (exact) mass is 184 g/mol. The van der Waals surface area contributed by atoms with Gasteiger partial charge in [0.15, 0.2) is 0 Å². The van der Waals surface area contributed by atoms with Crippen LogP contribution in [-0.4, -0.2) is 19.4 Å². The van der Waals surface area contributed by atoms with E-state index in [2.05, 4.69) is 4.74 Å². The van der Waals surface area contributed by atoms with Gasteiger partial charge < -0.3 is 9.47 Å². The van der Waals surface area contributed by atoms with E-state index < -0.39 is 6.16 Å². The molecule has 3 atom stereocenters. The molecule has 0 bridgehead atoms. The van der Waals surface area contributed by atoms with E-state index in [1.54, 1.807) is 0 Å². The van der Waals surface area contributed by atoms with Crippen LogP contribution < -0.4 is 0 Å². The molecule has 3 heteroatoms. The third-order valence-electron chi connectivity index (χ3n) is 3.43. The zero-order valence-corrected chi connectivity index (χ0v) is 7.99. The van der Waals surface area contributed by atoms with Crippen molar-refractivity contribution >= 4 is 6.16 Å². The Morgan fingerprint density at radius 1 is 1.23 bits per heavy atom. The van der Waals surface area contributed by atoms with E-state index in [0.29, 0.717) is 5.92 Å². The Morgan fingerprint density at radius 3 is 2.85 bits per heavy atom. The summed E-state index contributed by atoms with van der Waals surface area (Å²) in [5, 5.41) is 0. The predicted octanol–water partition coefficient (Wildman–Crippen LogP) is 2.35. The number of rotatable bonds is 1. The summed E-state index contributed by atoms with van der Waals surface area (Å²) < 4.78 is 9.71. The fourth-order valence-corrected chi connectivity index (χ4v) is 2.82. The minimum absolute atomic E-state index is 0.139. The number of ether oxygens (including phenoxy) is 2. The van der Waals surface area contributed by atoms with Gasteiger partial charge in [0, 0.05) is 0 Å². The van der Waals surface area contributed by atoms with Crippen molar-refractivity contribution in [3.05, 3.63) is 0 Å². The van der Waals surface area contributed by atoms with Crippen molar-refractivity contribution in [3.63, 3.8) is 0 Å². The second kappa shape index (κ2) is 3.56. The van der Waals surface area contributed by atoms with Crippen LogP contribution in [0.25, 0.3) is 0 Å². The van der Waals surface area contributed by atoms with E-state index in [-0.39, 0.29) is 6.10 Å². The van der Waals surface area contributed by atoms with Crippen molar-refractivity contribution in [2.75, 3.05) is 7.11 Å². The SMILES string of the molecule is COC(=O)OC1CCC2CCCC21. The van der Waals surface area contributed by atoms with Crippen molar-refractivity contribution in [2.45, 2.75) is 38.2 Å². The molecule has 0 spiro atoms. The molecule has 0 aliphatic heterocycles. The maximum Gasteiger partial charge on any atom is 0.508 e. The van der Waals surface area contributed by atoms with E-state index in [1.807, 2.05) is 0 Å². The molecule has 3 unspecified atom stereocenters. The number of hydrogen-bond donors (Lipinski definition) is 0. The molecule has 0 saturated heterocycles. The van der Waals surface area contributed by atoms with Crippen LogP contribution in [0.4, 0.5) is 4.79 Å². The Labute approximate surface area is 78.4 Å². The third kappa shape index (κ3) is 1.64. The fraction of sp³-hybridized carbons (Fsp3) is 0.900. The van der Waals surface area contributed by atoms with Crippen LogP contribution in [0.1, 0.15) is 32.1 Å². The highest BCUT2D eigenvalue weighted by Crippen LogP contribution is 2.45. The zero-order valence-electron chi connectivity index (χ0n) is 7.99. The molecule has 2 fully saturated rings. The van der Waals surface area contributed by atoms with Gasteiger partial charge in [0.1, 0.15) is 6.10 Å². The second-order valence-electron chi connectivity index (χ2n) is 4.04. The van der Waals surface area contributed by atoms with Crippen LogP contribution in [0.5, 0.6) is 0 Å². The number of fused-ring (bicyclic) bond motifs is 1. The summed E-state index contributed by atoms with van der Waals surface area (Å²) in [5.41, 5.74) is 0. The first-order chi connectivity index (χ1) is 6.31. The van der Waals surface area contributed by atoms with Crippen LogP contribution in [0.2, 0.25) is 0 Å². The Kier molecular flexibility index (Phi) is 2.42. The third-order valence-corrected chi connectivity index (χ3v) is 3.43. The van der Waals surface area contributed by atoms with Crippen LogP contribution >= 0.6 is 0 Å². The van der Waals surface area contributed by atoms with Gasteiger partial charge in [-0.05, 0) is 31.1 Å². The lowest BCUT2D eigenvalue weighted by atomic mass is 9.99.